The molecule has 0 aromatic rings. The minimum Gasteiger partial charge on any atom is -0.393 e. The van der Waals surface area contributed by atoms with Crippen LogP contribution in [0.5, 0.6) is 0 Å². The predicted octanol–water partition coefficient (Wildman–Crippen LogP) is 2.69. The summed E-state index contributed by atoms with van der Waals surface area (Å²) in [5.74, 6) is 0. The fourth-order valence-corrected chi connectivity index (χ4v) is 1.41. The van der Waals surface area contributed by atoms with Gasteiger partial charge in [0.1, 0.15) is 6.17 Å². The zero-order valence-electron chi connectivity index (χ0n) is 9.17. The molecule has 0 saturated carbocycles. The molecule has 0 aliphatic rings. The Morgan fingerprint density at radius 1 is 1.07 bits per heavy atom. The molecule has 0 aliphatic heterocycles. The lowest BCUT2D eigenvalue weighted by Crippen LogP contribution is -2.04. The summed E-state index contributed by atoms with van der Waals surface area (Å²) in [4.78, 5) is 0. The topological polar surface area (TPSA) is 29.5 Å². The number of aliphatic hydroxyl groups excluding tert-OH is 1. The minimum absolute atomic E-state index is 0.326. The van der Waals surface area contributed by atoms with E-state index in [1.54, 1.807) is 7.11 Å². The van der Waals surface area contributed by atoms with Crippen molar-refractivity contribution in [2.24, 2.45) is 0 Å². The Hall–Kier alpha value is -0.150. The summed E-state index contributed by atoms with van der Waals surface area (Å²) in [6.45, 7) is 0.519. The fourth-order valence-electron chi connectivity index (χ4n) is 1.41. The molecule has 1 unspecified atom stereocenters. The Morgan fingerprint density at radius 2 is 1.64 bits per heavy atom. The number of aliphatic hydroxyl groups is 1. The lowest BCUT2D eigenvalue weighted by molar-refractivity contribution is 0.167. The number of hydrogen-bond acceptors (Lipinski definition) is 2. The molecule has 1 N–H and O–H groups in total. The summed E-state index contributed by atoms with van der Waals surface area (Å²) in [7, 11) is 1.72. The van der Waals surface area contributed by atoms with Crippen LogP contribution in [0.15, 0.2) is 0 Å². The van der Waals surface area contributed by atoms with Crippen LogP contribution in [0.2, 0.25) is 0 Å². The Kier molecular flexibility index (Phi) is 10.8. The third kappa shape index (κ3) is 9.93. The van der Waals surface area contributed by atoms with Gasteiger partial charge in [-0.15, -0.1) is 0 Å². The highest BCUT2D eigenvalue weighted by atomic mass is 19.1. The molecule has 0 aromatic heterocycles. The fraction of sp³-hybridized carbons (Fsp3) is 1.00. The number of methoxy groups -OCH3 is 1. The van der Waals surface area contributed by atoms with Crippen LogP contribution >= 0.6 is 0 Å². The first-order valence-corrected chi connectivity index (χ1v) is 5.55. The highest BCUT2D eigenvalue weighted by molar-refractivity contribution is 4.54. The number of hydrogen-bond donors (Lipinski definition) is 1. The number of ether oxygens (including phenoxy) is 1. The molecule has 0 fully saturated rings. The largest absolute Gasteiger partial charge is 0.393 e. The van der Waals surface area contributed by atoms with E-state index >= 15 is 0 Å². The molecule has 86 valence electrons. The van der Waals surface area contributed by atoms with Crippen molar-refractivity contribution < 1.29 is 14.2 Å². The van der Waals surface area contributed by atoms with E-state index in [2.05, 4.69) is 0 Å². The highest BCUT2D eigenvalue weighted by Gasteiger charge is 2.02. The van der Waals surface area contributed by atoms with Crippen LogP contribution < -0.4 is 0 Å². The average molecular weight is 206 g/mol. The normalized spacial score (nSPS) is 13.1. The maximum absolute atomic E-state index is 12.5. The van der Waals surface area contributed by atoms with Crippen LogP contribution in [0.25, 0.3) is 0 Å². The Labute approximate surface area is 86.5 Å². The number of halogens is 1. The quantitative estimate of drug-likeness (QED) is 0.557. The van der Waals surface area contributed by atoms with Gasteiger partial charge in [0.05, 0.1) is 6.61 Å². The summed E-state index contributed by atoms with van der Waals surface area (Å²) in [6, 6.07) is 0. The van der Waals surface area contributed by atoms with E-state index in [-0.39, 0.29) is 6.61 Å². The van der Waals surface area contributed by atoms with Crippen LogP contribution in [0, 0.1) is 0 Å². The highest BCUT2D eigenvalue weighted by Crippen LogP contribution is 2.09. The van der Waals surface area contributed by atoms with Crippen molar-refractivity contribution in [3.8, 4) is 0 Å². The van der Waals surface area contributed by atoms with Crippen molar-refractivity contribution in [3.05, 3.63) is 0 Å². The van der Waals surface area contributed by atoms with Crippen LogP contribution in [0.3, 0.4) is 0 Å². The molecular weight excluding hydrogens is 183 g/mol. The van der Waals surface area contributed by atoms with Crippen molar-refractivity contribution in [1.29, 1.82) is 0 Å². The van der Waals surface area contributed by atoms with E-state index in [1.165, 1.54) is 19.3 Å². The van der Waals surface area contributed by atoms with Gasteiger partial charge in [0, 0.05) is 13.7 Å². The monoisotopic (exact) mass is 206 g/mol. The third-order valence-corrected chi connectivity index (χ3v) is 2.31. The van der Waals surface area contributed by atoms with Crippen LogP contribution in [-0.4, -0.2) is 31.6 Å². The van der Waals surface area contributed by atoms with Crippen LogP contribution in [-0.2, 0) is 4.74 Å². The van der Waals surface area contributed by atoms with E-state index in [0.717, 1.165) is 25.9 Å². The molecular formula is C11H23FO2. The van der Waals surface area contributed by atoms with E-state index in [4.69, 9.17) is 9.84 Å². The first-order chi connectivity index (χ1) is 6.81. The Bertz CT molecular complexity index is 109. The van der Waals surface area contributed by atoms with Crippen LogP contribution in [0.4, 0.5) is 4.39 Å². The zero-order chi connectivity index (χ0) is 10.6. The smallest absolute Gasteiger partial charge is 0.123 e. The van der Waals surface area contributed by atoms with Crippen molar-refractivity contribution in [1.82, 2.24) is 0 Å². The van der Waals surface area contributed by atoms with Crippen molar-refractivity contribution in [2.75, 3.05) is 20.3 Å². The maximum atomic E-state index is 12.5. The van der Waals surface area contributed by atoms with Gasteiger partial charge in [0.25, 0.3) is 0 Å². The molecule has 3 heteroatoms. The summed E-state index contributed by atoms with van der Waals surface area (Å²) in [5.41, 5.74) is 0. The van der Waals surface area contributed by atoms with Gasteiger partial charge in [-0.2, -0.15) is 0 Å². The molecule has 0 heterocycles. The Morgan fingerprint density at radius 3 is 2.21 bits per heavy atom. The van der Waals surface area contributed by atoms with Gasteiger partial charge >= 0.3 is 0 Å². The van der Waals surface area contributed by atoms with E-state index in [1.807, 2.05) is 0 Å². The third-order valence-electron chi connectivity index (χ3n) is 2.31. The van der Waals surface area contributed by atoms with Gasteiger partial charge in [0.15, 0.2) is 0 Å². The SMILES string of the molecule is COCCCCCCCCC(F)CO. The number of alkyl halides is 1. The number of unbranched alkanes of at least 4 members (excludes halogenated alkanes) is 5. The van der Waals surface area contributed by atoms with Gasteiger partial charge in [-0.05, 0) is 12.8 Å². The Balaban J connectivity index is 2.92. The summed E-state index contributed by atoms with van der Waals surface area (Å²) in [5, 5.41) is 8.45. The van der Waals surface area contributed by atoms with Gasteiger partial charge in [0.2, 0.25) is 0 Å². The average Bonchev–Trinajstić information content (AvgIpc) is 2.21. The molecule has 0 amide bonds. The molecule has 0 aromatic carbocycles. The van der Waals surface area contributed by atoms with Crippen molar-refractivity contribution >= 4 is 0 Å². The summed E-state index contributed by atoms with van der Waals surface area (Å²) < 4.78 is 17.5. The zero-order valence-corrected chi connectivity index (χ0v) is 9.17. The molecule has 0 radical (unpaired) electrons. The maximum Gasteiger partial charge on any atom is 0.123 e. The first kappa shape index (κ1) is 13.8. The second-order valence-corrected chi connectivity index (χ2v) is 3.68. The van der Waals surface area contributed by atoms with Gasteiger partial charge in [-0.1, -0.05) is 32.1 Å². The van der Waals surface area contributed by atoms with Crippen molar-refractivity contribution in [2.45, 2.75) is 51.1 Å². The van der Waals surface area contributed by atoms with E-state index < -0.39 is 6.17 Å². The second kappa shape index (κ2) is 10.9. The first-order valence-electron chi connectivity index (χ1n) is 5.55. The molecule has 0 saturated heterocycles. The van der Waals surface area contributed by atoms with E-state index in [9.17, 15) is 4.39 Å². The van der Waals surface area contributed by atoms with Crippen molar-refractivity contribution in [3.63, 3.8) is 0 Å². The summed E-state index contributed by atoms with van der Waals surface area (Å²) >= 11 is 0. The number of rotatable bonds is 10. The molecule has 0 rings (SSSR count). The van der Waals surface area contributed by atoms with Gasteiger partial charge in [-0.25, -0.2) is 4.39 Å². The molecule has 1 atom stereocenters. The molecule has 2 nitrogen and oxygen atoms in total. The molecule has 14 heavy (non-hydrogen) atoms. The van der Waals surface area contributed by atoms with Gasteiger partial charge < -0.3 is 9.84 Å². The van der Waals surface area contributed by atoms with Crippen LogP contribution in [0.1, 0.15) is 44.9 Å². The molecule has 0 bridgehead atoms. The molecule has 0 aliphatic carbocycles. The summed E-state index contributed by atoms with van der Waals surface area (Å²) in [6.07, 6.45) is 6.17. The predicted molar refractivity (Wildman–Crippen MR) is 56.2 cm³/mol. The van der Waals surface area contributed by atoms with Gasteiger partial charge in [-0.3, -0.25) is 0 Å². The second-order valence-electron chi connectivity index (χ2n) is 3.68. The molecule has 0 spiro atoms. The minimum atomic E-state index is -1.01. The lowest BCUT2D eigenvalue weighted by Gasteiger charge is -2.04. The lowest BCUT2D eigenvalue weighted by atomic mass is 10.1. The standard InChI is InChI=1S/C11H23FO2/c1-14-9-7-5-3-2-4-6-8-11(12)10-13/h11,13H,2-10H2,1H3. The van der Waals surface area contributed by atoms with E-state index in [0.29, 0.717) is 6.42 Å².